The van der Waals surface area contributed by atoms with Crippen LogP contribution in [0.1, 0.15) is 10.4 Å². The molecule has 0 saturated carbocycles. The molecule has 0 radical (unpaired) electrons. The first-order valence-electron chi connectivity index (χ1n) is 5.67. The van der Waals surface area contributed by atoms with Crippen molar-refractivity contribution in [2.45, 2.75) is 0 Å². The van der Waals surface area contributed by atoms with Gasteiger partial charge in [0.1, 0.15) is 13.2 Å². The summed E-state index contributed by atoms with van der Waals surface area (Å²) in [4.78, 5) is 14.7. The molecule has 0 spiro atoms. The van der Waals surface area contributed by atoms with E-state index in [9.17, 15) is 4.79 Å². The number of H-pyrrole nitrogens is 1. The van der Waals surface area contributed by atoms with Crippen molar-refractivity contribution in [3.05, 3.63) is 42.2 Å². The molecule has 0 bridgehead atoms. The highest BCUT2D eigenvalue weighted by molar-refractivity contribution is 6.04. The van der Waals surface area contributed by atoms with Gasteiger partial charge >= 0.3 is 0 Å². The summed E-state index contributed by atoms with van der Waals surface area (Å²) in [5.41, 5.74) is 1.27. The molecule has 0 saturated heterocycles. The van der Waals surface area contributed by atoms with Crippen LogP contribution < -0.4 is 14.8 Å². The summed E-state index contributed by atoms with van der Waals surface area (Å²) in [7, 11) is 0. The van der Waals surface area contributed by atoms with E-state index in [-0.39, 0.29) is 5.91 Å². The number of aromatic nitrogens is 1. The topological polar surface area (TPSA) is 63.4 Å². The predicted octanol–water partition coefficient (Wildman–Crippen LogP) is 2.04. The molecule has 0 fully saturated rings. The number of anilines is 1. The van der Waals surface area contributed by atoms with Crippen molar-refractivity contribution >= 4 is 11.6 Å². The van der Waals surface area contributed by atoms with Crippen LogP contribution in [-0.4, -0.2) is 24.1 Å². The number of fused-ring (bicyclic) bond motifs is 1. The monoisotopic (exact) mass is 244 g/mol. The van der Waals surface area contributed by atoms with E-state index in [4.69, 9.17) is 9.47 Å². The Hall–Kier alpha value is -2.43. The average Bonchev–Trinajstić information content (AvgIpc) is 2.92. The van der Waals surface area contributed by atoms with Crippen molar-refractivity contribution in [3.8, 4) is 11.5 Å². The van der Waals surface area contributed by atoms with E-state index in [1.54, 1.807) is 36.7 Å². The van der Waals surface area contributed by atoms with Gasteiger partial charge in [0.05, 0.1) is 5.56 Å². The Kier molecular flexibility index (Phi) is 2.64. The van der Waals surface area contributed by atoms with Crippen LogP contribution in [-0.2, 0) is 0 Å². The first kappa shape index (κ1) is 10.7. The van der Waals surface area contributed by atoms with Crippen LogP contribution in [0.4, 0.5) is 5.69 Å². The summed E-state index contributed by atoms with van der Waals surface area (Å²) < 4.78 is 10.9. The second-order valence-electron chi connectivity index (χ2n) is 3.91. The Morgan fingerprint density at radius 2 is 2.00 bits per heavy atom. The molecule has 1 aliphatic rings. The number of nitrogens with one attached hydrogen (secondary N) is 2. The van der Waals surface area contributed by atoms with Gasteiger partial charge in [0, 0.05) is 24.1 Å². The second kappa shape index (κ2) is 4.44. The minimum absolute atomic E-state index is 0.159. The van der Waals surface area contributed by atoms with Crippen molar-refractivity contribution in [2.75, 3.05) is 18.5 Å². The number of hydrogen-bond acceptors (Lipinski definition) is 3. The zero-order valence-electron chi connectivity index (χ0n) is 9.60. The fourth-order valence-corrected chi connectivity index (χ4v) is 1.79. The van der Waals surface area contributed by atoms with Crippen molar-refractivity contribution in [2.24, 2.45) is 0 Å². The van der Waals surface area contributed by atoms with E-state index < -0.39 is 0 Å². The second-order valence-corrected chi connectivity index (χ2v) is 3.91. The average molecular weight is 244 g/mol. The molecule has 2 heterocycles. The fourth-order valence-electron chi connectivity index (χ4n) is 1.79. The number of amides is 1. The van der Waals surface area contributed by atoms with Gasteiger partial charge in [-0.3, -0.25) is 4.79 Å². The molecule has 2 aromatic rings. The molecule has 5 heteroatoms. The molecule has 92 valence electrons. The molecule has 2 N–H and O–H groups in total. The van der Waals surface area contributed by atoms with Gasteiger partial charge < -0.3 is 19.8 Å². The number of aromatic amines is 1. The Morgan fingerprint density at radius 1 is 1.17 bits per heavy atom. The number of hydrogen-bond donors (Lipinski definition) is 2. The molecule has 1 aromatic carbocycles. The largest absolute Gasteiger partial charge is 0.486 e. The van der Waals surface area contributed by atoms with Gasteiger partial charge in [-0.25, -0.2) is 0 Å². The van der Waals surface area contributed by atoms with Gasteiger partial charge in [0.25, 0.3) is 5.91 Å². The lowest BCUT2D eigenvalue weighted by molar-refractivity contribution is 0.102. The third kappa shape index (κ3) is 2.02. The SMILES string of the molecule is O=C(Nc1ccc2c(c1)OCCO2)c1cc[nH]c1. The van der Waals surface area contributed by atoms with Gasteiger partial charge in [-0.15, -0.1) is 0 Å². The van der Waals surface area contributed by atoms with Crippen LogP contribution >= 0.6 is 0 Å². The Bertz CT molecular complexity index is 564. The summed E-state index contributed by atoms with van der Waals surface area (Å²) in [6, 6.07) is 7.06. The molecular formula is C13H12N2O3. The van der Waals surface area contributed by atoms with E-state index in [0.29, 0.717) is 36.0 Å². The summed E-state index contributed by atoms with van der Waals surface area (Å²) in [5, 5.41) is 2.80. The van der Waals surface area contributed by atoms with Crippen LogP contribution in [0.2, 0.25) is 0 Å². The quantitative estimate of drug-likeness (QED) is 0.849. The molecular weight excluding hydrogens is 232 g/mol. The maximum atomic E-state index is 11.8. The van der Waals surface area contributed by atoms with Crippen LogP contribution in [0.5, 0.6) is 11.5 Å². The third-order valence-corrected chi connectivity index (χ3v) is 2.66. The summed E-state index contributed by atoms with van der Waals surface area (Å²) in [6.45, 7) is 1.09. The number of carbonyl (C=O) groups excluding carboxylic acids is 1. The maximum absolute atomic E-state index is 11.8. The van der Waals surface area contributed by atoms with Crippen LogP contribution in [0.15, 0.2) is 36.7 Å². The first-order chi connectivity index (χ1) is 8.83. The van der Waals surface area contributed by atoms with E-state index in [2.05, 4.69) is 10.3 Å². The van der Waals surface area contributed by atoms with Crippen molar-refractivity contribution in [3.63, 3.8) is 0 Å². The van der Waals surface area contributed by atoms with Gasteiger partial charge in [-0.05, 0) is 18.2 Å². The summed E-state index contributed by atoms with van der Waals surface area (Å²) in [6.07, 6.45) is 3.35. The maximum Gasteiger partial charge on any atom is 0.257 e. The van der Waals surface area contributed by atoms with Crippen molar-refractivity contribution in [1.82, 2.24) is 4.98 Å². The molecule has 0 aliphatic carbocycles. The lowest BCUT2D eigenvalue weighted by Crippen LogP contribution is -2.16. The molecule has 5 nitrogen and oxygen atoms in total. The van der Waals surface area contributed by atoms with Crippen molar-refractivity contribution in [1.29, 1.82) is 0 Å². The minimum Gasteiger partial charge on any atom is -0.486 e. The number of rotatable bonds is 2. The van der Waals surface area contributed by atoms with E-state index in [0.717, 1.165) is 0 Å². The van der Waals surface area contributed by atoms with Gasteiger partial charge in [0.15, 0.2) is 11.5 Å². The highest BCUT2D eigenvalue weighted by atomic mass is 16.6. The molecule has 0 unspecified atom stereocenters. The number of ether oxygens (including phenoxy) is 2. The minimum atomic E-state index is -0.159. The van der Waals surface area contributed by atoms with Gasteiger partial charge in [-0.2, -0.15) is 0 Å². The van der Waals surface area contributed by atoms with E-state index >= 15 is 0 Å². The first-order valence-corrected chi connectivity index (χ1v) is 5.67. The van der Waals surface area contributed by atoms with E-state index in [1.165, 1.54) is 0 Å². The highest BCUT2D eigenvalue weighted by Gasteiger charge is 2.13. The Labute approximate surface area is 104 Å². The Morgan fingerprint density at radius 3 is 2.78 bits per heavy atom. The highest BCUT2D eigenvalue weighted by Crippen LogP contribution is 2.32. The molecule has 1 amide bonds. The van der Waals surface area contributed by atoms with Gasteiger partial charge in [0.2, 0.25) is 0 Å². The van der Waals surface area contributed by atoms with Crippen LogP contribution in [0.25, 0.3) is 0 Å². The summed E-state index contributed by atoms with van der Waals surface area (Å²) in [5.74, 6) is 1.21. The number of carbonyl (C=O) groups is 1. The molecule has 3 rings (SSSR count). The zero-order chi connectivity index (χ0) is 12.4. The number of benzene rings is 1. The lowest BCUT2D eigenvalue weighted by Gasteiger charge is -2.18. The third-order valence-electron chi connectivity index (χ3n) is 2.66. The van der Waals surface area contributed by atoms with Crippen LogP contribution in [0, 0.1) is 0 Å². The normalized spacial score (nSPS) is 13.1. The van der Waals surface area contributed by atoms with E-state index in [1.807, 2.05) is 0 Å². The zero-order valence-corrected chi connectivity index (χ0v) is 9.60. The molecule has 1 aromatic heterocycles. The van der Waals surface area contributed by atoms with Crippen molar-refractivity contribution < 1.29 is 14.3 Å². The smallest absolute Gasteiger partial charge is 0.257 e. The molecule has 1 aliphatic heterocycles. The standard InChI is InChI=1S/C13H12N2O3/c16-13(9-3-4-14-8-9)15-10-1-2-11-12(7-10)18-6-5-17-11/h1-4,7-8,14H,5-6H2,(H,15,16). The van der Waals surface area contributed by atoms with Crippen LogP contribution in [0.3, 0.4) is 0 Å². The molecule has 18 heavy (non-hydrogen) atoms. The lowest BCUT2D eigenvalue weighted by atomic mass is 10.2. The fraction of sp³-hybridized carbons (Fsp3) is 0.154. The van der Waals surface area contributed by atoms with Gasteiger partial charge in [-0.1, -0.05) is 0 Å². The predicted molar refractivity (Wildman–Crippen MR) is 66.2 cm³/mol. The molecule has 0 atom stereocenters. The Balaban J connectivity index is 1.79. The summed E-state index contributed by atoms with van der Waals surface area (Å²) >= 11 is 0.